The van der Waals surface area contributed by atoms with Gasteiger partial charge in [0.1, 0.15) is 8.24 Å². The van der Waals surface area contributed by atoms with Crippen LogP contribution in [0.15, 0.2) is 0 Å². The molecule has 0 atom stereocenters. The average Bonchev–Trinajstić information content (AvgIpc) is 1.59. The molecule has 62 valence electrons. The Kier molecular flexibility index (Phi) is 4.21. The Hall–Kier alpha value is 0.177. The Labute approximate surface area is 66.3 Å². The summed E-state index contributed by atoms with van der Waals surface area (Å²) in [5.41, 5.74) is 0. The van der Waals surface area contributed by atoms with Crippen LogP contribution in [0.3, 0.4) is 0 Å². The third-order valence-electron chi connectivity index (χ3n) is 1.38. The third-order valence-corrected chi connectivity index (χ3v) is 2.69. The molecule has 1 nitrogen and oxygen atoms in total. The summed E-state index contributed by atoms with van der Waals surface area (Å²) < 4.78 is 0. The zero-order chi connectivity index (χ0) is 8.20. The lowest BCUT2D eigenvalue weighted by Gasteiger charge is -2.18. The van der Waals surface area contributed by atoms with Gasteiger partial charge in [-0.2, -0.15) is 0 Å². The highest BCUT2D eigenvalue weighted by atomic mass is 28.3. The van der Waals surface area contributed by atoms with E-state index in [1.54, 1.807) is 0 Å². The monoisotopic (exact) mass is 159 g/mol. The highest BCUT2D eigenvalue weighted by Crippen LogP contribution is 1.99. The lowest BCUT2D eigenvalue weighted by atomic mass is 10.1. The van der Waals surface area contributed by atoms with Crippen LogP contribution in [0, 0.1) is 5.92 Å². The molecule has 0 heterocycles. The van der Waals surface area contributed by atoms with Gasteiger partial charge in [0.05, 0.1) is 0 Å². The van der Waals surface area contributed by atoms with Gasteiger partial charge in [0, 0.05) is 0 Å². The highest BCUT2D eigenvalue weighted by molar-refractivity contribution is 6.73. The zero-order valence-corrected chi connectivity index (χ0v) is 8.99. The van der Waals surface area contributed by atoms with Crippen molar-refractivity contribution in [2.24, 2.45) is 5.92 Å². The number of rotatable bonds is 4. The highest BCUT2D eigenvalue weighted by Gasteiger charge is 2.10. The van der Waals surface area contributed by atoms with Crippen LogP contribution < -0.4 is 4.98 Å². The second-order valence-electron chi connectivity index (χ2n) is 4.36. The van der Waals surface area contributed by atoms with E-state index in [-0.39, 0.29) is 0 Å². The largest absolute Gasteiger partial charge is 0.337 e. The fourth-order valence-corrected chi connectivity index (χ4v) is 1.63. The molecule has 0 spiro atoms. The van der Waals surface area contributed by atoms with Crippen LogP contribution in [-0.2, 0) is 0 Å². The molecule has 0 fully saturated rings. The summed E-state index contributed by atoms with van der Waals surface area (Å²) in [4.78, 5) is 3.59. The molecule has 0 aliphatic carbocycles. The summed E-state index contributed by atoms with van der Waals surface area (Å²) in [6.45, 7) is 12.8. The third kappa shape index (κ3) is 8.18. The van der Waals surface area contributed by atoms with Crippen molar-refractivity contribution < 1.29 is 0 Å². The van der Waals surface area contributed by atoms with Crippen LogP contribution >= 0.6 is 0 Å². The van der Waals surface area contributed by atoms with Crippen LogP contribution in [0.4, 0.5) is 0 Å². The van der Waals surface area contributed by atoms with E-state index in [9.17, 15) is 0 Å². The maximum atomic E-state index is 3.59. The number of hydrogen-bond acceptors (Lipinski definition) is 1. The van der Waals surface area contributed by atoms with Crippen molar-refractivity contribution in [2.45, 2.75) is 39.9 Å². The molecule has 0 saturated carbocycles. The van der Waals surface area contributed by atoms with E-state index in [4.69, 9.17) is 0 Å². The van der Waals surface area contributed by atoms with Crippen LogP contribution in [0.5, 0.6) is 0 Å². The summed E-state index contributed by atoms with van der Waals surface area (Å²) in [6.07, 6.45) is 1.31. The molecule has 0 aromatic heterocycles. The van der Waals surface area contributed by atoms with Gasteiger partial charge in [0.15, 0.2) is 0 Å². The molecule has 2 heteroatoms. The summed E-state index contributed by atoms with van der Waals surface area (Å²) in [5, 5.41) is 0. The molecule has 0 aliphatic heterocycles. The molecular formula is C8H21NSi. The Balaban J connectivity index is 3.21. The molecule has 0 aromatic rings. The molecule has 0 aliphatic rings. The van der Waals surface area contributed by atoms with Gasteiger partial charge in [-0.25, -0.2) is 0 Å². The van der Waals surface area contributed by atoms with Crippen LogP contribution in [-0.4, -0.2) is 14.8 Å². The second-order valence-corrected chi connectivity index (χ2v) is 9.21. The van der Waals surface area contributed by atoms with E-state index in [0.29, 0.717) is 0 Å². The molecule has 0 radical (unpaired) electrons. The first kappa shape index (κ1) is 10.2. The minimum Gasteiger partial charge on any atom is -0.337 e. The van der Waals surface area contributed by atoms with Crippen molar-refractivity contribution in [3.8, 4) is 0 Å². The molecular weight excluding hydrogens is 138 g/mol. The van der Waals surface area contributed by atoms with Gasteiger partial charge < -0.3 is 4.98 Å². The molecule has 0 bridgehead atoms. The molecule has 1 N–H and O–H groups in total. The van der Waals surface area contributed by atoms with E-state index in [0.717, 1.165) is 5.92 Å². The van der Waals surface area contributed by atoms with Crippen molar-refractivity contribution >= 4 is 8.24 Å². The minimum absolute atomic E-state index is 0.837. The quantitative estimate of drug-likeness (QED) is 0.621. The topological polar surface area (TPSA) is 12.0 Å². The first-order valence-electron chi connectivity index (χ1n) is 4.17. The van der Waals surface area contributed by atoms with Crippen molar-refractivity contribution in [3.05, 3.63) is 0 Å². The van der Waals surface area contributed by atoms with E-state index >= 15 is 0 Å². The fraction of sp³-hybridized carbons (Fsp3) is 1.00. The predicted molar refractivity (Wildman–Crippen MR) is 50.8 cm³/mol. The summed E-state index contributed by atoms with van der Waals surface area (Å²) in [5.74, 6) is 0.837. The van der Waals surface area contributed by atoms with Gasteiger partial charge in [-0.1, -0.05) is 33.5 Å². The lowest BCUT2D eigenvalue weighted by molar-refractivity contribution is 0.578. The zero-order valence-electron chi connectivity index (χ0n) is 7.99. The minimum atomic E-state index is -0.974. The summed E-state index contributed by atoms with van der Waals surface area (Å²) in [7, 11) is -0.974. The van der Waals surface area contributed by atoms with Crippen molar-refractivity contribution in [2.75, 3.05) is 6.54 Å². The van der Waals surface area contributed by atoms with Gasteiger partial charge >= 0.3 is 0 Å². The van der Waals surface area contributed by atoms with Gasteiger partial charge in [-0.05, 0) is 18.9 Å². The van der Waals surface area contributed by atoms with Gasteiger partial charge in [-0.3, -0.25) is 0 Å². The second kappa shape index (κ2) is 4.14. The Morgan fingerprint density at radius 1 is 1.20 bits per heavy atom. The first-order chi connectivity index (χ1) is 4.42. The van der Waals surface area contributed by atoms with Crippen molar-refractivity contribution in [3.63, 3.8) is 0 Å². The maximum absolute atomic E-state index is 3.59. The molecule has 0 rings (SSSR count). The predicted octanol–water partition coefficient (Wildman–Crippen LogP) is 2.46. The van der Waals surface area contributed by atoms with E-state index < -0.39 is 8.24 Å². The summed E-state index contributed by atoms with van der Waals surface area (Å²) in [6, 6.07) is 0. The number of hydrogen-bond donors (Lipinski definition) is 1. The Morgan fingerprint density at radius 3 is 2.00 bits per heavy atom. The fourth-order valence-electron chi connectivity index (χ4n) is 0.736. The van der Waals surface area contributed by atoms with Crippen LogP contribution in [0.25, 0.3) is 0 Å². The van der Waals surface area contributed by atoms with Gasteiger partial charge in [0.25, 0.3) is 0 Å². The van der Waals surface area contributed by atoms with Gasteiger partial charge in [0.2, 0.25) is 0 Å². The van der Waals surface area contributed by atoms with E-state index in [2.05, 4.69) is 38.5 Å². The van der Waals surface area contributed by atoms with E-state index in [1.165, 1.54) is 13.0 Å². The normalized spacial score (nSPS) is 12.6. The van der Waals surface area contributed by atoms with Crippen LogP contribution in [0.1, 0.15) is 20.3 Å². The lowest BCUT2D eigenvalue weighted by Crippen LogP contribution is -2.41. The smallest absolute Gasteiger partial charge is 0.116 e. The van der Waals surface area contributed by atoms with Crippen LogP contribution in [0.2, 0.25) is 19.6 Å². The number of nitrogens with one attached hydrogen (secondary N) is 1. The molecule has 0 amide bonds. The molecule has 10 heavy (non-hydrogen) atoms. The molecule has 0 aromatic carbocycles. The Bertz CT molecular complexity index is 83.7. The molecule has 0 unspecified atom stereocenters. The van der Waals surface area contributed by atoms with E-state index in [1.807, 2.05) is 0 Å². The standard InChI is InChI=1S/C8H21NSi/c1-8(2)6-7-9-10(3,4)5/h8-9H,6-7H2,1-5H3. The average molecular weight is 159 g/mol. The summed E-state index contributed by atoms with van der Waals surface area (Å²) >= 11 is 0. The molecule has 0 saturated heterocycles. The maximum Gasteiger partial charge on any atom is 0.116 e. The SMILES string of the molecule is CC(C)CCN[Si](C)(C)C. The van der Waals surface area contributed by atoms with Crippen molar-refractivity contribution in [1.29, 1.82) is 0 Å². The Morgan fingerprint density at radius 2 is 1.70 bits per heavy atom. The first-order valence-corrected chi connectivity index (χ1v) is 7.67. The van der Waals surface area contributed by atoms with Gasteiger partial charge in [-0.15, -0.1) is 0 Å². The van der Waals surface area contributed by atoms with Crippen molar-refractivity contribution in [1.82, 2.24) is 4.98 Å².